The second-order valence-corrected chi connectivity index (χ2v) is 10.2. The van der Waals surface area contributed by atoms with Crippen LogP contribution in [0.15, 0.2) is 11.3 Å². The molecule has 3 aliphatic heterocycles. The quantitative estimate of drug-likeness (QED) is 0.534. The Morgan fingerprint density at radius 1 is 0.844 bits per heavy atom. The molecule has 5 heteroatoms. The summed E-state index contributed by atoms with van der Waals surface area (Å²) in [4.78, 5) is 20.5. The number of likely N-dealkylation sites (tertiary alicyclic amines) is 2. The van der Waals surface area contributed by atoms with Crippen LogP contribution in [0.2, 0.25) is 0 Å². The van der Waals surface area contributed by atoms with Gasteiger partial charge in [-0.1, -0.05) is 33.1 Å². The van der Waals surface area contributed by atoms with Crippen molar-refractivity contribution in [1.82, 2.24) is 14.7 Å². The number of alkyl halides is 1. The van der Waals surface area contributed by atoms with Crippen LogP contribution in [0.5, 0.6) is 0 Å². The van der Waals surface area contributed by atoms with E-state index in [4.69, 9.17) is 0 Å². The smallest absolute Gasteiger partial charge is 0.234 e. The lowest BCUT2D eigenvalue weighted by Crippen LogP contribution is -2.51. The summed E-state index contributed by atoms with van der Waals surface area (Å²) in [6, 6.07) is 1.21. The van der Waals surface area contributed by atoms with Crippen LogP contribution in [-0.4, -0.2) is 72.6 Å². The van der Waals surface area contributed by atoms with Gasteiger partial charge >= 0.3 is 0 Å². The number of carbonyl (C=O) groups excluding carboxylic acids is 1. The molecule has 3 heterocycles. The zero-order valence-electron chi connectivity index (χ0n) is 21.8. The predicted molar refractivity (Wildman–Crippen MR) is 133 cm³/mol. The first-order valence-corrected chi connectivity index (χ1v) is 13.4. The number of amides is 1. The van der Waals surface area contributed by atoms with Crippen molar-refractivity contribution in [3.8, 4) is 0 Å². The predicted octanol–water partition coefficient (Wildman–Crippen LogP) is 5.88. The van der Waals surface area contributed by atoms with Crippen LogP contribution in [0.25, 0.3) is 0 Å². The lowest BCUT2D eigenvalue weighted by molar-refractivity contribution is -0.135. The molecule has 1 unspecified atom stereocenters. The van der Waals surface area contributed by atoms with Crippen molar-refractivity contribution in [3.63, 3.8) is 0 Å². The lowest BCUT2D eigenvalue weighted by atomic mass is 9.73. The first-order valence-electron chi connectivity index (χ1n) is 13.4. The third-order valence-electron chi connectivity index (χ3n) is 8.09. The topological polar surface area (TPSA) is 26.8 Å². The number of rotatable bonds is 4. The summed E-state index contributed by atoms with van der Waals surface area (Å²) >= 11 is 0. The van der Waals surface area contributed by atoms with E-state index in [1.807, 2.05) is 0 Å². The van der Waals surface area contributed by atoms with Crippen molar-refractivity contribution in [2.45, 2.75) is 104 Å². The Kier molecular flexibility index (Phi) is 11.7. The first kappa shape index (κ1) is 27.3. The second-order valence-electron chi connectivity index (χ2n) is 10.2. The largest absolute Gasteiger partial charge is 0.313 e. The van der Waals surface area contributed by atoms with Gasteiger partial charge in [-0.05, 0) is 90.9 Å². The highest BCUT2D eigenvalue weighted by Gasteiger charge is 2.45. The maximum absolute atomic E-state index is 13.1. The molecule has 4 aliphatic rings. The van der Waals surface area contributed by atoms with Crippen LogP contribution < -0.4 is 0 Å². The molecule has 0 radical (unpaired) electrons. The Morgan fingerprint density at radius 2 is 1.34 bits per heavy atom. The molecule has 186 valence electrons. The Labute approximate surface area is 197 Å². The minimum absolute atomic E-state index is 0.209. The van der Waals surface area contributed by atoms with E-state index in [2.05, 4.69) is 49.4 Å². The van der Waals surface area contributed by atoms with Crippen molar-refractivity contribution in [2.75, 3.05) is 39.9 Å². The van der Waals surface area contributed by atoms with E-state index in [1.54, 1.807) is 0 Å². The summed E-state index contributed by atoms with van der Waals surface area (Å²) in [5.74, 6) is 1.27. The van der Waals surface area contributed by atoms with E-state index < -0.39 is 0 Å². The summed E-state index contributed by atoms with van der Waals surface area (Å²) in [7, 11) is 2.23. The lowest BCUT2D eigenvalue weighted by Gasteiger charge is -2.43. The Hall–Kier alpha value is -0.940. The van der Waals surface area contributed by atoms with Crippen molar-refractivity contribution in [3.05, 3.63) is 11.3 Å². The van der Waals surface area contributed by atoms with Gasteiger partial charge in [0.1, 0.15) is 0 Å². The molecule has 1 aliphatic carbocycles. The van der Waals surface area contributed by atoms with Gasteiger partial charge in [0, 0.05) is 30.9 Å². The monoisotopic (exact) mass is 451 g/mol. The summed E-state index contributed by atoms with van der Waals surface area (Å²) in [5.41, 5.74) is 2.65. The molecule has 0 aromatic heterocycles. The highest BCUT2D eigenvalue weighted by Crippen LogP contribution is 2.44. The van der Waals surface area contributed by atoms with Gasteiger partial charge in [0.05, 0.1) is 12.6 Å². The van der Waals surface area contributed by atoms with E-state index in [-0.39, 0.29) is 12.6 Å². The normalized spacial score (nSPS) is 26.4. The molecule has 32 heavy (non-hydrogen) atoms. The van der Waals surface area contributed by atoms with E-state index in [1.165, 1.54) is 89.3 Å². The second kappa shape index (κ2) is 13.7. The number of hydrogen-bond acceptors (Lipinski definition) is 3. The molecule has 0 bridgehead atoms. The minimum atomic E-state index is -0.250. The van der Waals surface area contributed by atoms with E-state index >= 15 is 0 Å². The maximum Gasteiger partial charge on any atom is 0.234 e. The molecule has 2 saturated heterocycles. The number of allylic oxidation sites excluding steroid dienone is 1. The van der Waals surface area contributed by atoms with E-state index in [9.17, 15) is 9.18 Å². The number of nitrogens with zero attached hydrogens (tertiary/aromatic N) is 3. The molecular weight excluding hydrogens is 401 g/mol. The molecule has 3 fully saturated rings. The fourth-order valence-electron chi connectivity index (χ4n) is 5.57. The molecule has 0 N–H and O–H groups in total. The summed E-state index contributed by atoms with van der Waals surface area (Å²) < 4.78 is 10.3. The van der Waals surface area contributed by atoms with Crippen molar-refractivity contribution in [1.29, 1.82) is 0 Å². The fourth-order valence-corrected chi connectivity index (χ4v) is 5.57. The van der Waals surface area contributed by atoms with Gasteiger partial charge in [-0.3, -0.25) is 9.18 Å². The average molecular weight is 452 g/mol. The molecule has 4 rings (SSSR count). The highest BCUT2D eigenvalue weighted by atomic mass is 19.1. The molecule has 1 amide bonds. The highest BCUT2D eigenvalue weighted by molar-refractivity contribution is 5.87. The van der Waals surface area contributed by atoms with Gasteiger partial charge in [0.15, 0.2) is 0 Å². The number of piperidine rings is 2. The van der Waals surface area contributed by atoms with Crippen molar-refractivity contribution >= 4 is 5.91 Å². The van der Waals surface area contributed by atoms with Gasteiger partial charge < -0.3 is 14.7 Å². The van der Waals surface area contributed by atoms with Crippen molar-refractivity contribution < 1.29 is 9.18 Å². The molecular formula is C27H50FN3O. The van der Waals surface area contributed by atoms with E-state index in [0.717, 1.165) is 18.9 Å². The van der Waals surface area contributed by atoms with Gasteiger partial charge in [-0.15, -0.1) is 0 Å². The molecule has 0 aromatic rings. The molecule has 1 atom stereocenters. The molecule has 4 nitrogen and oxygen atoms in total. The molecule has 1 saturated carbocycles. The fraction of sp³-hybridized carbons (Fsp3) is 0.889. The zero-order chi connectivity index (χ0) is 23.7. The van der Waals surface area contributed by atoms with E-state index in [0.29, 0.717) is 17.9 Å². The van der Waals surface area contributed by atoms with Gasteiger partial charge in [-0.2, -0.15) is 0 Å². The van der Waals surface area contributed by atoms with Crippen LogP contribution in [-0.2, 0) is 4.79 Å². The van der Waals surface area contributed by atoms with Gasteiger partial charge in [-0.25, -0.2) is 0 Å². The Bertz CT molecular complexity index is 586. The number of hydrogen-bond donors (Lipinski definition) is 0. The van der Waals surface area contributed by atoms with Gasteiger partial charge in [0.2, 0.25) is 5.91 Å². The van der Waals surface area contributed by atoms with Crippen LogP contribution in [0, 0.1) is 11.8 Å². The van der Waals surface area contributed by atoms with Crippen LogP contribution in [0.1, 0.15) is 92.4 Å². The van der Waals surface area contributed by atoms with Gasteiger partial charge in [0.25, 0.3) is 0 Å². The van der Waals surface area contributed by atoms with Crippen LogP contribution in [0.4, 0.5) is 4.39 Å². The third kappa shape index (κ3) is 6.79. The van der Waals surface area contributed by atoms with Crippen LogP contribution >= 0.6 is 0 Å². The molecule has 0 aromatic carbocycles. The standard InChI is InChI=1S/C21H35N3O.C4H10.C2H5F/c1-15-16(2)24(21(25)20(15)17-5-4-6-17)19-9-13-23(14-10-19)18-7-11-22(3)12-8-18;1-3-4-2;1-2-3/h17-20H,4-14H2,1-3H3;3-4H2,1-2H3;2H2,1H3. The van der Waals surface area contributed by atoms with Crippen molar-refractivity contribution in [2.24, 2.45) is 11.8 Å². The summed E-state index contributed by atoms with van der Waals surface area (Å²) in [6.45, 7) is 14.8. The Balaban J connectivity index is 0.000000459. The molecule has 0 spiro atoms. The number of carbonyl (C=O) groups is 1. The van der Waals surface area contributed by atoms with Crippen LogP contribution in [0.3, 0.4) is 0 Å². The first-order chi connectivity index (χ1) is 15.4. The maximum atomic E-state index is 13.1. The third-order valence-corrected chi connectivity index (χ3v) is 8.09. The number of unbranched alkanes of at least 4 members (excludes halogenated alkanes) is 1. The SMILES string of the molecule is CC1=C(C)N(C2CCN(C3CCN(C)CC3)CC2)C(=O)C1C1CCC1.CCCC.CCF. The number of halogens is 1. The summed E-state index contributed by atoms with van der Waals surface area (Å²) in [5, 5.41) is 0. The minimum Gasteiger partial charge on any atom is -0.313 e. The summed E-state index contributed by atoms with van der Waals surface area (Å²) in [6.07, 6.45) is 11.4. The average Bonchev–Trinajstić information content (AvgIpc) is 2.98. The Morgan fingerprint density at radius 3 is 1.78 bits per heavy atom. The zero-order valence-corrected chi connectivity index (χ0v) is 21.8.